The second-order valence-corrected chi connectivity index (χ2v) is 5.05. The number of carbonyl (C=O) groups is 1. The zero-order valence-corrected chi connectivity index (χ0v) is 11.8. The first kappa shape index (κ1) is 15.6. The molecule has 21 heavy (non-hydrogen) atoms. The van der Waals surface area contributed by atoms with Crippen LogP contribution in [0.15, 0.2) is 18.3 Å². The number of anilines is 1. The summed E-state index contributed by atoms with van der Waals surface area (Å²) in [4.78, 5) is 19.2. The van der Waals surface area contributed by atoms with Crippen LogP contribution in [0, 0.1) is 0 Å². The zero-order valence-electron chi connectivity index (χ0n) is 11.8. The average Bonchev–Trinajstić information content (AvgIpc) is 2.45. The number of pyridine rings is 1. The first-order chi connectivity index (χ1) is 9.80. The van der Waals surface area contributed by atoms with E-state index in [0.717, 1.165) is 18.3 Å². The van der Waals surface area contributed by atoms with E-state index >= 15 is 0 Å². The Morgan fingerprint density at radius 3 is 2.81 bits per heavy atom. The maximum atomic E-state index is 12.8. The molecule has 0 radical (unpaired) electrons. The Kier molecular flexibility index (Phi) is 4.36. The molecule has 0 aromatic carbocycles. The van der Waals surface area contributed by atoms with Gasteiger partial charge in [0.1, 0.15) is 11.9 Å². The summed E-state index contributed by atoms with van der Waals surface area (Å²) >= 11 is 0. The van der Waals surface area contributed by atoms with Crippen molar-refractivity contribution < 1.29 is 18.0 Å². The van der Waals surface area contributed by atoms with Crippen molar-refractivity contribution in [2.24, 2.45) is 0 Å². The summed E-state index contributed by atoms with van der Waals surface area (Å²) in [6, 6.07) is 1.36. The lowest BCUT2D eigenvalue weighted by Crippen LogP contribution is -2.58. The smallest absolute Gasteiger partial charge is 0.347 e. The fraction of sp³-hybridized carbons (Fsp3) is 0.538. The maximum absolute atomic E-state index is 12.8. The lowest BCUT2D eigenvalue weighted by molar-refractivity contribution is -0.137. The molecule has 1 fully saturated rings. The third-order valence-electron chi connectivity index (χ3n) is 3.34. The van der Waals surface area contributed by atoms with Crippen molar-refractivity contribution in [2.75, 3.05) is 38.6 Å². The molecule has 0 bridgehead atoms. The number of hydrogen-bond acceptors (Lipinski definition) is 4. The lowest BCUT2D eigenvalue weighted by atomic mass is 10.1. The monoisotopic (exact) mass is 302 g/mol. The van der Waals surface area contributed by atoms with Crippen LogP contribution in [0.4, 0.5) is 19.0 Å². The minimum absolute atomic E-state index is 0.165. The number of rotatable bonds is 2. The lowest BCUT2D eigenvalue weighted by Gasteiger charge is -2.37. The van der Waals surface area contributed by atoms with E-state index in [9.17, 15) is 18.0 Å². The number of piperazine rings is 1. The first-order valence-corrected chi connectivity index (χ1v) is 6.52. The van der Waals surface area contributed by atoms with Crippen LogP contribution in [0.5, 0.6) is 0 Å². The summed E-state index contributed by atoms with van der Waals surface area (Å²) < 4.78 is 38.4. The van der Waals surface area contributed by atoms with Gasteiger partial charge in [-0.15, -0.1) is 0 Å². The highest BCUT2D eigenvalue weighted by atomic mass is 19.4. The molecule has 1 aromatic rings. The van der Waals surface area contributed by atoms with Crippen molar-refractivity contribution in [3.05, 3.63) is 23.9 Å². The van der Waals surface area contributed by atoms with E-state index in [1.54, 1.807) is 19.0 Å². The Labute approximate surface area is 120 Å². The quantitative estimate of drug-likeness (QED) is 0.884. The second-order valence-electron chi connectivity index (χ2n) is 5.05. The molecule has 1 aliphatic heterocycles. The predicted molar refractivity (Wildman–Crippen MR) is 71.9 cm³/mol. The second kappa shape index (κ2) is 5.88. The maximum Gasteiger partial charge on any atom is 0.416 e. The third kappa shape index (κ3) is 3.44. The number of nitrogens with zero attached hydrogens (tertiary/aromatic N) is 3. The van der Waals surface area contributed by atoms with Gasteiger partial charge >= 0.3 is 6.18 Å². The van der Waals surface area contributed by atoms with Crippen LogP contribution in [0.3, 0.4) is 0 Å². The number of halogens is 3. The summed E-state index contributed by atoms with van der Waals surface area (Å²) in [6.07, 6.45) is -3.30. The molecule has 1 unspecified atom stereocenters. The number of likely N-dealkylation sites (N-methyl/N-ethyl adjacent to an activating group) is 1. The van der Waals surface area contributed by atoms with Crippen molar-refractivity contribution >= 4 is 11.7 Å². The van der Waals surface area contributed by atoms with Crippen molar-refractivity contribution in [2.45, 2.75) is 12.2 Å². The Balaban J connectivity index is 2.31. The van der Waals surface area contributed by atoms with Crippen molar-refractivity contribution in [3.63, 3.8) is 0 Å². The number of carbonyl (C=O) groups excluding carboxylic acids is 1. The molecular weight excluding hydrogens is 285 g/mol. The van der Waals surface area contributed by atoms with Gasteiger partial charge in [-0.1, -0.05) is 0 Å². The molecule has 1 aromatic heterocycles. The molecule has 0 aliphatic carbocycles. The van der Waals surface area contributed by atoms with Crippen LogP contribution in [-0.4, -0.2) is 55.6 Å². The van der Waals surface area contributed by atoms with Gasteiger partial charge in [-0.2, -0.15) is 13.2 Å². The van der Waals surface area contributed by atoms with Gasteiger partial charge < -0.3 is 15.1 Å². The molecule has 5 nitrogen and oxygen atoms in total. The molecule has 8 heteroatoms. The summed E-state index contributed by atoms with van der Waals surface area (Å²) in [5.41, 5.74) is -0.762. The van der Waals surface area contributed by atoms with Gasteiger partial charge in [-0.3, -0.25) is 4.79 Å². The van der Waals surface area contributed by atoms with Gasteiger partial charge in [0.2, 0.25) is 5.91 Å². The molecular formula is C13H17F3N4O. The van der Waals surface area contributed by atoms with Crippen LogP contribution in [0.25, 0.3) is 0 Å². The number of aromatic nitrogens is 1. The highest BCUT2D eigenvalue weighted by molar-refractivity contribution is 5.85. The van der Waals surface area contributed by atoms with E-state index in [1.807, 2.05) is 0 Å². The van der Waals surface area contributed by atoms with E-state index in [-0.39, 0.29) is 11.7 Å². The Bertz CT molecular complexity index is 518. The highest BCUT2D eigenvalue weighted by Gasteiger charge is 2.34. The van der Waals surface area contributed by atoms with Crippen molar-refractivity contribution in [1.29, 1.82) is 0 Å². The summed E-state index contributed by atoms with van der Waals surface area (Å²) in [5, 5.41) is 3.08. The topological polar surface area (TPSA) is 48.5 Å². The summed E-state index contributed by atoms with van der Waals surface area (Å²) in [5.74, 6) is 0.00735. The fourth-order valence-electron chi connectivity index (χ4n) is 2.25. The van der Waals surface area contributed by atoms with E-state index in [1.165, 1.54) is 4.90 Å². The van der Waals surface area contributed by atoms with Crippen LogP contribution in [-0.2, 0) is 11.0 Å². The first-order valence-electron chi connectivity index (χ1n) is 6.52. The molecule has 2 rings (SSSR count). The highest BCUT2D eigenvalue weighted by Crippen LogP contribution is 2.31. The number of alkyl halides is 3. The van der Waals surface area contributed by atoms with Gasteiger partial charge in [0.05, 0.1) is 5.56 Å². The number of hydrogen-bond donors (Lipinski definition) is 1. The summed E-state index contributed by atoms with van der Waals surface area (Å²) in [7, 11) is 3.24. The minimum atomic E-state index is -4.42. The van der Waals surface area contributed by atoms with E-state index in [4.69, 9.17) is 0 Å². The van der Waals surface area contributed by atoms with E-state index in [2.05, 4.69) is 10.3 Å². The van der Waals surface area contributed by atoms with Crippen LogP contribution in [0.2, 0.25) is 0 Å². The molecule has 116 valence electrons. The van der Waals surface area contributed by atoms with Gasteiger partial charge in [-0.05, 0) is 12.1 Å². The van der Waals surface area contributed by atoms with E-state index < -0.39 is 17.8 Å². The fourth-order valence-corrected chi connectivity index (χ4v) is 2.25. The molecule has 1 N–H and O–H groups in total. The Hall–Kier alpha value is -1.83. The molecule has 1 atom stereocenters. The van der Waals surface area contributed by atoms with Gasteiger partial charge in [0.25, 0.3) is 0 Å². The third-order valence-corrected chi connectivity index (χ3v) is 3.34. The van der Waals surface area contributed by atoms with Gasteiger partial charge in [0, 0.05) is 39.9 Å². The zero-order chi connectivity index (χ0) is 15.6. The SMILES string of the molecule is CN(C)C(=O)C1CNCCN1c1cc(C(F)(F)F)ccn1. The van der Waals surface area contributed by atoms with Crippen LogP contribution < -0.4 is 10.2 Å². The Morgan fingerprint density at radius 1 is 1.48 bits per heavy atom. The van der Waals surface area contributed by atoms with Gasteiger partial charge in [0.15, 0.2) is 0 Å². The molecule has 0 spiro atoms. The minimum Gasteiger partial charge on any atom is -0.347 e. The summed E-state index contributed by atoms with van der Waals surface area (Å²) in [6.45, 7) is 1.41. The standard InChI is InChI=1S/C13H17F3N4O/c1-19(2)12(21)10-8-17-5-6-20(10)11-7-9(3-4-18-11)13(14,15)16/h3-4,7,10,17H,5-6,8H2,1-2H3. The average molecular weight is 302 g/mol. The predicted octanol–water partition coefficient (Wildman–Crippen LogP) is 0.967. The normalized spacial score (nSPS) is 19.5. The molecule has 1 amide bonds. The van der Waals surface area contributed by atoms with Crippen LogP contribution in [0.1, 0.15) is 5.56 Å². The van der Waals surface area contributed by atoms with Crippen molar-refractivity contribution in [1.82, 2.24) is 15.2 Å². The molecule has 0 saturated carbocycles. The largest absolute Gasteiger partial charge is 0.416 e. The van der Waals surface area contributed by atoms with E-state index in [0.29, 0.717) is 19.6 Å². The Morgan fingerprint density at radius 2 is 2.19 bits per heavy atom. The van der Waals surface area contributed by atoms with Gasteiger partial charge in [-0.25, -0.2) is 4.98 Å². The van der Waals surface area contributed by atoms with Crippen LogP contribution >= 0.6 is 0 Å². The number of nitrogens with one attached hydrogen (secondary N) is 1. The molecule has 2 heterocycles. The molecule has 1 aliphatic rings. The van der Waals surface area contributed by atoms with Crippen molar-refractivity contribution in [3.8, 4) is 0 Å². The molecule has 1 saturated heterocycles. The number of amides is 1.